The van der Waals surface area contributed by atoms with E-state index in [0.29, 0.717) is 46.2 Å². The minimum absolute atomic E-state index is 0.179. The third-order valence-corrected chi connectivity index (χ3v) is 4.56. The summed E-state index contributed by atoms with van der Waals surface area (Å²) in [6, 6.07) is 11.2. The molecule has 0 radical (unpaired) electrons. The Bertz CT molecular complexity index is 817. The number of ether oxygens (including phenoxy) is 4. The van der Waals surface area contributed by atoms with Crippen LogP contribution >= 0.6 is 15.9 Å². The topological polar surface area (TPSA) is 71.1 Å². The Morgan fingerprint density at radius 1 is 0.931 bits per heavy atom. The van der Waals surface area contributed by atoms with Crippen LogP contribution in [0.2, 0.25) is 0 Å². The lowest BCUT2D eigenvalue weighted by atomic mass is 10.1. The Kier molecular flexibility index (Phi) is 9.15. The largest absolute Gasteiger partial charge is 0.492 e. The molecule has 0 heterocycles. The molecule has 0 aliphatic carbocycles. The minimum atomic E-state index is -0.505. The Balaban J connectivity index is 1.94. The van der Waals surface area contributed by atoms with Crippen molar-refractivity contribution in [2.45, 2.75) is 20.3 Å². The SMILES string of the molecule is COCCOC(=O)c1ccc(OC(=O)c2ccc(OCCC(C)C)c(Br)c2)cc1. The van der Waals surface area contributed by atoms with Crippen LogP contribution in [0.15, 0.2) is 46.9 Å². The van der Waals surface area contributed by atoms with Crippen LogP contribution in [0.1, 0.15) is 41.0 Å². The third kappa shape index (κ3) is 7.51. The van der Waals surface area contributed by atoms with Crippen LogP contribution < -0.4 is 9.47 Å². The van der Waals surface area contributed by atoms with E-state index in [2.05, 4.69) is 29.8 Å². The van der Waals surface area contributed by atoms with Crippen molar-refractivity contribution in [3.05, 3.63) is 58.1 Å². The van der Waals surface area contributed by atoms with E-state index in [-0.39, 0.29) is 6.61 Å². The third-order valence-electron chi connectivity index (χ3n) is 3.94. The van der Waals surface area contributed by atoms with Crippen molar-refractivity contribution in [2.75, 3.05) is 26.9 Å². The highest BCUT2D eigenvalue weighted by atomic mass is 79.9. The van der Waals surface area contributed by atoms with Gasteiger partial charge in [0.05, 0.1) is 28.8 Å². The smallest absolute Gasteiger partial charge is 0.343 e. The second-order valence-electron chi connectivity index (χ2n) is 6.72. The van der Waals surface area contributed by atoms with Crippen LogP contribution in [0.25, 0.3) is 0 Å². The lowest BCUT2D eigenvalue weighted by Gasteiger charge is -2.11. The second kappa shape index (κ2) is 11.6. The van der Waals surface area contributed by atoms with Gasteiger partial charge in [0.1, 0.15) is 18.1 Å². The van der Waals surface area contributed by atoms with E-state index in [0.717, 1.165) is 6.42 Å². The zero-order valence-corrected chi connectivity index (χ0v) is 18.4. The normalized spacial score (nSPS) is 10.7. The first-order chi connectivity index (χ1) is 13.9. The van der Waals surface area contributed by atoms with Gasteiger partial charge in [-0.05, 0) is 70.7 Å². The predicted molar refractivity (Wildman–Crippen MR) is 113 cm³/mol. The van der Waals surface area contributed by atoms with Gasteiger partial charge in [-0.2, -0.15) is 0 Å². The van der Waals surface area contributed by atoms with Gasteiger partial charge in [-0.3, -0.25) is 0 Å². The average molecular weight is 465 g/mol. The van der Waals surface area contributed by atoms with Crippen molar-refractivity contribution in [1.82, 2.24) is 0 Å². The molecule has 0 aliphatic rings. The maximum absolute atomic E-state index is 12.4. The van der Waals surface area contributed by atoms with Crippen molar-refractivity contribution >= 4 is 27.9 Å². The number of hydrogen-bond donors (Lipinski definition) is 0. The Morgan fingerprint density at radius 3 is 2.24 bits per heavy atom. The number of benzene rings is 2. The van der Waals surface area contributed by atoms with E-state index < -0.39 is 11.9 Å². The molecule has 0 saturated carbocycles. The molecule has 0 aromatic heterocycles. The highest BCUT2D eigenvalue weighted by Crippen LogP contribution is 2.27. The summed E-state index contributed by atoms with van der Waals surface area (Å²) in [4.78, 5) is 24.2. The first kappa shape index (κ1) is 22.9. The molecule has 0 bridgehead atoms. The number of halogens is 1. The fourth-order valence-electron chi connectivity index (χ4n) is 2.28. The lowest BCUT2D eigenvalue weighted by Crippen LogP contribution is -2.11. The van der Waals surface area contributed by atoms with E-state index in [1.165, 1.54) is 7.11 Å². The fraction of sp³-hybridized carbons (Fsp3) is 0.364. The molecule has 29 heavy (non-hydrogen) atoms. The van der Waals surface area contributed by atoms with Crippen LogP contribution in [0.3, 0.4) is 0 Å². The number of hydrogen-bond acceptors (Lipinski definition) is 6. The molecule has 2 aromatic carbocycles. The minimum Gasteiger partial charge on any atom is -0.492 e. The van der Waals surface area contributed by atoms with Gasteiger partial charge in [0.25, 0.3) is 0 Å². The average Bonchev–Trinajstić information content (AvgIpc) is 2.69. The maximum atomic E-state index is 12.4. The van der Waals surface area contributed by atoms with Gasteiger partial charge in [0.2, 0.25) is 0 Å². The first-order valence-corrected chi connectivity index (χ1v) is 10.1. The molecule has 0 unspecified atom stereocenters. The summed E-state index contributed by atoms with van der Waals surface area (Å²) in [6.07, 6.45) is 0.951. The molecule has 2 rings (SSSR count). The van der Waals surface area contributed by atoms with Crippen LogP contribution in [-0.2, 0) is 9.47 Å². The van der Waals surface area contributed by atoms with E-state index in [4.69, 9.17) is 18.9 Å². The molecule has 156 valence electrons. The number of methoxy groups -OCH3 is 1. The lowest BCUT2D eigenvalue weighted by molar-refractivity contribution is 0.0388. The molecular formula is C22H25BrO6. The Morgan fingerprint density at radius 2 is 1.62 bits per heavy atom. The van der Waals surface area contributed by atoms with Crippen LogP contribution in [0.5, 0.6) is 11.5 Å². The maximum Gasteiger partial charge on any atom is 0.343 e. The van der Waals surface area contributed by atoms with Crippen LogP contribution in [0, 0.1) is 5.92 Å². The van der Waals surface area contributed by atoms with E-state index in [1.54, 1.807) is 42.5 Å². The summed E-state index contributed by atoms with van der Waals surface area (Å²) in [7, 11) is 1.53. The molecule has 0 spiro atoms. The monoisotopic (exact) mass is 464 g/mol. The highest BCUT2D eigenvalue weighted by molar-refractivity contribution is 9.10. The molecule has 0 saturated heterocycles. The molecular weight excluding hydrogens is 440 g/mol. The number of carbonyl (C=O) groups excluding carboxylic acids is 2. The number of carbonyl (C=O) groups is 2. The predicted octanol–water partition coefficient (Wildman–Crippen LogP) is 4.90. The molecule has 6 nitrogen and oxygen atoms in total. The van der Waals surface area contributed by atoms with Crippen molar-refractivity contribution in [3.8, 4) is 11.5 Å². The summed E-state index contributed by atoms with van der Waals surface area (Å²) in [5.41, 5.74) is 0.752. The number of rotatable bonds is 10. The molecule has 2 aromatic rings. The molecule has 7 heteroatoms. The molecule has 0 fully saturated rings. The summed E-state index contributed by atoms with van der Waals surface area (Å²) in [6.45, 7) is 5.39. The van der Waals surface area contributed by atoms with E-state index in [9.17, 15) is 9.59 Å². The number of esters is 2. The van der Waals surface area contributed by atoms with Crippen LogP contribution in [0.4, 0.5) is 0 Å². The van der Waals surface area contributed by atoms with E-state index >= 15 is 0 Å². The van der Waals surface area contributed by atoms with Gasteiger partial charge in [-0.15, -0.1) is 0 Å². The highest BCUT2D eigenvalue weighted by Gasteiger charge is 2.13. The first-order valence-electron chi connectivity index (χ1n) is 9.31. The van der Waals surface area contributed by atoms with Gasteiger partial charge in [-0.1, -0.05) is 13.8 Å². The van der Waals surface area contributed by atoms with Gasteiger partial charge < -0.3 is 18.9 Å². The summed E-state index contributed by atoms with van der Waals surface area (Å²) < 4.78 is 21.6. The van der Waals surface area contributed by atoms with E-state index in [1.807, 2.05) is 0 Å². The summed E-state index contributed by atoms with van der Waals surface area (Å²) in [5, 5.41) is 0. The quantitative estimate of drug-likeness (QED) is 0.283. The fourth-order valence-corrected chi connectivity index (χ4v) is 2.77. The van der Waals surface area contributed by atoms with Crippen molar-refractivity contribution in [1.29, 1.82) is 0 Å². The zero-order chi connectivity index (χ0) is 21.2. The second-order valence-corrected chi connectivity index (χ2v) is 7.57. The van der Waals surface area contributed by atoms with Crippen molar-refractivity contribution < 1.29 is 28.5 Å². The van der Waals surface area contributed by atoms with Gasteiger partial charge in [0, 0.05) is 7.11 Å². The van der Waals surface area contributed by atoms with Gasteiger partial charge >= 0.3 is 11.9 Å². The summed E-state index contributed by atoms with van der Waals surface area (Å²) >= 11 is 3.43. The standard InChI is InChI=1S/C22H25BrO6/c1-15(2)10-11-27-20-9-6-17(14-19(20)23)22(25)29-18-7-4-16(5-8-18)21(24)28-13-12-26-3/h4-9,14-15H,10-13H2,1-3H3. The Labute approximate surface area is 179 Å². The van der Waals surface area contributed by atoms with Crippen LogP contribution in [-0.4, -0.2) is 38.9 Å². The van der Waals surface area contributed by atoms with Crippen molar-refractivity contribution in [3.63, 3.8) is 0 Å². The Hall–Kier alpha value is -2.38. The molecule has 0 atom stereocenters. The van der Waals surface area contributed by atoms with Gasteiger partial charge in [-0.25, -0.2) is 9.59 Å². The molecule has 0 aliphatic heterocycles. The molecule has 0 amide bonds. The zero-order valence-electron chi connectivity index (χ0n) is 16.8. The summed E-state index contributed by atoms with van der Waals surface area (Å²) in [5.74, 6) is 0.601. The van der Waals surface area contributed by atoms with Gasteiger partial charge in [0.15, 0.2) is 0 Å². The molecule has 0 N–H and O–H groups in total. The van der Waals surface area contributed by atoms with Crippen molar-refractivity contribution in [2.24, 2.45) is 5.92 Å².